The highest BCUT2D eigenvalue weighted by molar-refractivity contribution is 7.86. The summed E-state index contributed by atoms with van der Waals surface area (Å²) in [4.78, 5) is 0. The Morgan fingerprint density at radius 3 is 2.62 bits per heavy atom. The molecule has 0 radical (unpaired) electrons. The number of nitrogens with zero attached hydrogens (tertiary/aromatic N) is 2. The van der Waals surface area contributed by atoms with Gasteiger partial charge in [0.15, 0.2) is 11.6 Å². The van der Waals surface area contributed by atoms with Crippen molar-refractivity contribution in [2.75, 3.05) is 40.5 Å². The summed E-state index contributed by atoms with van der Waals surface area (Å²) in [5.41, 5.74) is 0.563. The van der Waals surface area contributed by atoms with Gasteiger partial charge in [-0.15, -0.1) is 0 Å². The Morgan fingerprint density at radius 2 is 2.05 bits per heavy atom. The Labute approximate surface area is 124 Å². The van der Waals surface area contributed by atoms with E-state index in [9.17, 15) is 12.8 Å². The first-order valence-electron chi connectivity index (χ1n) is 6.56. The minimum atomic E-state index is -3.56. The molecule has 1 fully saturated rings. The van der Waals surface area contributed by atoms with Crippen molar-refractivity contribution < 1.29 is 22.3 Å². The van der Waals surface area contributed by atoms with Gasteiger partial charge >= 0.3 is 0 Å². The van der Waals surface area contributed by atoms with E-state index in [0.717, 1.165) is 0 Å². The predicted octanol–water partition coefficient (Wildman–Crippen LogP) is 0.843. The molecular weight excluding hydrogens is 299 g/mol. The molecule has 1 aliphatic rings. The molecule has 0 unspecified atom stereocenters. The van der Waals surface area contributed by atoms with E-state index in [-0.39, 0.29) is 12.3 Å². The molecule has 21 heavy (non-hydrogen) atoms. The van der Waals surface area contributed by atoms with E-state index in [1.807, 2.05) is 0 Å². The minimum absolute atomic E-state index is 0.0978. The molecule has 0 saturated carbocycles. The summed E-state index contributed by atoms with van der Waals surface area (Å²) in [6, 6.07) is 4.41. The summed E-state index contributed by atoms with van der Waals surface area (Å²) in [6.07, 6.45) is 0. The van der Waals surface area contributed by atoms with Crippen LogP contribution in [0.4, 0.5) is 4.39 Å². The third-order valence-electron chi connectivity index (χ3n) is 3.31. The van der Waals surface area contributed by atoms with Gasteiger partial charge in [0.2, 0.25) is 0 Å². The Kier molecular flexibility index (Phi) is 5.15. The number of morpholine rings is 1. The Hall–Kier alpha value is -1.22. The summed E-state index contributed by atoms with van der Waals surface area (Å²) in [6.45, 7) is 1.56. The smallest absolute Gasteiger partial charge is 0.282 e. The lowest BCUT2D eigenvalue weighted by atomic mass is 10.2. The van der Waals surface area contributed by atoms with Crippen LogP contribution in [0.15, 0.2) is 18.2 Å². The normalized spacial score (nSPS) is 17.1. The molecule has 0 N–H and O–H groups in total. The molecule has 0 amide bonds. The van der Waals surface area contributed by atoms with Crippen molar-refractivity contribution in [3.8, 4) is 5.75 Å². The van der Waals surface area contributed by atoms with Gasteiger partial charge in [-0.05, 0) is 17.7 Å². The highest BCUT2D eigenvalue weighted by atomic mass is 32.2. The number of halogens is 1. The largest absolute Gasteiger partial charge is 0.494 e. The van der Waals surface area contributed by atoms with E-state index in [0.29, 0.717) is 31.9 Å². The summed E-state index contributed by atoms with van der Waals surface area (Å²) in [5, 5.41) is 0. The average molecular weight is 318 g/mol. The number of methoxy groups -OCH3 is 1. The quantitative estimate of drug-likeness (QED) is 0.807. The first kappa shape index (κ1) is 16.2. The molecule has 8 heteroatoms. The molecule has 0 atom stereocenters. The van der Waals surface area contributed by atoms with Crippen molar-refractivity contribution in [2.45, 2.75) is 6.54 Å². The van der Waals surface area contributed by atoms with Crippen LogP contribution in [0.1, 0.15) is 5.56 Å². The van der Waals surface area contributed by atoms with E-state index >= 15 is 0 Å². The minimum Gasteiger partial charge on any atom is -0.494 e. The fourth-order valence-electron chi connectivity index (χ4n) is 2.12. The van der Waals surface area contributed by atoms with Crippen LogP contribution in [0.25, 0.3) is 0 Å². The van der Waals surface area contributed by atoms with Crippen LogP contribution in [0.2, 0.25) is 0 Å². The van der Waals surface area contributed by atoms with E-state index in [1.54, 1.807) is 6.07 Å². The van der Waals surface area contributed by atoms with Crippen LogP contribution in [0.3, 0.4) is 0 Å². The summed E-state index contributed by atoms with van der Waals surface area (Å²) >= 11 is 0. The van der Waals surface area contributed by atoms with Crippen molar-refractivity contribution in [3.63, 3.8) is 0 Å². The molecule has 0 aromatic heterocycles. The molecule has 0 aliphatic carbocycles. The molecule has 0 bridgehead atoms. The average Bonchev–Trinajstić information content (AvgIpc) is 2.48. The zero-order valence-electron chi connectivity index (χ0n) is 12.1. The maximum absolute atomic E-state index is 13.6. The lowest BCUT2D eigenvalue weighted by molar-refractivity contribution is 0.0705. The second kappa shape index (κ2) is 6.69. The van der Waals surface area contributed by atoms with Crippen LogP contribution in [-0.4, -0.2) is 57.5 Å². The molecule has 6 nitrogen and oxygen atoms in total. The third-order valence-corrected chi connectivity index (χ3v) is 5.25. The number of ether oxygens (including phenoxy) is 2. The van der Waals surface area contributed by atoms with Gasteiger partial charge in [-0.1, -0.05) is 6.07 Å². The van der Waals surface area contributed by atoms with Gasteiger partial charge in [0.1, 0.15) is 0 Å². The third kappa shape index (κ3) is 3.70. The maximum atomic E-state index is 13.6. The highest BCUT2D eigenvalue weighted by Gasteiger charge is 2.28. The predicted molar refractivity (Wildman–Crippen MR) is 75.7 cm³/mol. The lowest BCUT2D eigenvalue weighted by Crippen LogP contribution is -2.47. The van der Waals surface area contributed by atoms with Crippen LogP contribution in [0, 0.1) is 5.82 Å². The van der Waals surface area contributed by atoms with Gasteiger partial charge in [-0.2, -0.15) is 17.0 Å². The van der Waals surface area contributed by atoms with Crippen LogP contribution >= 0.6 is 0 Å². The fourth-order valence-corrected chi connectivity index (χ4v) is 3.44. The van der Waals surface area contributed by atoms with Gasteiger partial charge in [-0.3, -0.25) is 0 Å². The molecular formula is C13H19FN2O4S. The van der Waals surface area contributed by atoms with Crippen molar-refractivity contribution in [1.82, 2.24) is 8.61 Å². The van der Waals surface area contributed by atoms with Crippen molar-refractivity contribution in [2.24, 2.45) is 0 Å². The topological polar surface area (TPSA) is 59.1 Å². The summed E-state index contributed by atoms with van der Waals surface area (Å²) < 4.78 is 50.9. The van der Waals surface area contributed by atoms with Crippen LogP contribution in [0.5, 0.6) is 5.75 Å². The van der Waals surface area contributed by atoms with Crippen molar-refractivity contribution in [1.29, 1.82) is 0 Å². The maximum Gasteiger partial charge on any atom is 0.282 e. The molecule has 1 aromatic rings. The van der Waals surface area contributed by atoms with Crippen LogP contribution < -0.4 is 4.74 Å². The summed E-state index contributed by atoms with van der Waals surface area (Å²) in [5.74, 6) is -0.371. The van der Waals surface area contributed by atoms with Crippen molar-refractivity contribution in [3.05, 3.63) is 29.6 Å². The van der Waals surface area contributed by atoms with Gasteiger partial charge in [0.05, 0.1) is 20.3 Å². The molecule has 1 aliphatic heterocycles. The molecule has 1 aromatic carbocycles. The zero-order valence-corrected chi connectivity index (χ0v) is 12.9. The Morgan fingerprint density at radius 1 is 1.38 bits per heavy atom. The Balaban J connectivity index is 2.09. The fraction of sp³-hybridized carbons (Fsp3) is 0.538. The molecule has 1 saturated heterocycles. The number of benzene rings is 1. The number of rotatable bonds is 5. The molecule has 0 spiro atoms. The van der Waals surface area contributed by atoms with Gasteiger partial charge in [0.25, 0.3) is 10.2 Å². The second-order valence-electron chi connectivity index (χ2n) is 4.74. The van der Waals surface area contributed by atoms with E-state index < -0.39 is 16.0 Å². The monoisotopic (exact) mass is 318 g/mol. The molecule has 118 valence electrons. The molecule has 2 rings (SSSR count). The number of hydrogen-bond acceptors (Lipinski definition) is 4. The molecule has 1 heterocycles. The highest BCUT2D eigenvalue weighted by Crippen LogP contribution is 2.20. The first-order valence-corrected chi connectivity index (χ1v) is 7.96. The van der Waals surface area contributed by atoms with Gasteiger partial charge in [-0.25, -0.2) is 4.39 Å². The van der Waals surface area contributed by atoms with E-state index in [4.69, 9.17) is 9.47 Å². The number of hydrogen-bond donors (Lipinski definition) is 0. The van der Waals surface area contributed by atoms with Crippen LogP contribution in [-0.2, 0) is 21.5 Å². The van der Waals surface area contributed by atoms with Gasteiger partial charge < -0.3 is 9.47 Å². The second-order valence-corrected chi connectivity index (χ2v) is 6.78. The standard InChI is InChI=1S/C13H19FN2O4S/c1-15(21(17,18)16-5-7-20-8-6-16)10-11-3-4-13(19-2)12(14)9-11/h3-4,9H,5-8,10H2,1-2H3. The lowest BCUT2D eigenvalue weighted by Gasteiger charge is -2.30. The Bertz CT molecular complexity index is 588. The van der Waals surface area contributed by atoms with E-state index in [1.165, 1.54) is 34.9 Å². The van der Waals surface area contributed by atoms with Gasteiger partial charge in [0, 0.05) is 26.7 Å². The zero-order chi connectivity index (χ0) is 15.5. The summed E-state index contributed by atoms with van der Waals surface area (Å²) in [7, 11) is -0.695. The van der Waals surface area contributed by atoms with Crippen molar-refractivity contribution >= 4 is 10.2 Å². The first-order chi connectivity index (χ1) is 9.95. The van der Waals surface area contributed by atoms with E-state index in [2.05, 4.69) is 0 Å². The SMILES string of the molecule is COc1ccc(CN(C)S(=O)(=O)N2CCOCC2)cc1F.